The lowest BCUT2D eigenvalue weighted by Crippen LogP contribution is -2.23. The van der Waals surface area contributed by atoms with Crippen molar-refractivity contribution in [3.8, 4) is 5.75 Å². The van der Waals surface area contributed by atoms with Crippen LogP contribution in [0.1, 0.15) is 30.9 Å². The smallest absolute Gasteiger partial charge is 0.244 e. The van der Waals surface area contributed by atoms with Crippen LogP contribution >= 0.6 is 0 Å². The average molecular weight is 320 g/mol. The molecule has 0 aliphatic heterocycles. The Morgan fingerprint density at radius 2 is 2.05 bits per heavy atom. The number of nitrogens with zero attached hydrogens (tertiary/aromatic N) is 1. The van der Waals surface area contributed by atoms with Crippen molar-refractivity contribution >= 4 is 10.0 Å². The molecule has 0 atom stereocenters. The fraction of sp³-hybridized carbons (Fsp3) is 0.312. The normalized spacial score (nSPS) is 11.6. The van der Waals surface area contributed by atoms with Gasteiger partial charge in [-0.1, -0.05) is 26.0 Å². The van der Waals surface area contributed by atoms with Crippen LogP contribution in [0.25, 0.3) is 0 Å². The van der Waals surface area contributed by atoms with Crippen LogP contribution in [0.5, 0.6) is 5.75 Å². The van der Waals surface area contributed by atoms with Crippen LogP contribution in [0.3, 0.4) is 0 Å². The quantitative estimate of drug-likeness (QED) is 0.888. The molecule has 0 saturated carbocycles. The van der Waals surface area contributed by atoms with E-state index in [9.17, 15) is 8.42 Å². The summed E-state index contributed by atoms with van der Waals surface area (Å²) in [4.78, 5) is 4.11. The van der Waals surface area contributed by atoms with Crippen molar-refractivity contribution < 1.29 is 13.2 Å². The van der Waals surface area contributed by atoms with Crippen molar-refractivity contribution in [1.82, 2.24) is 9.71 Å². The van der Waals surface area contributed by atoms with E-state index in [1.807, 2.05) is 26.0 Å². The van der Waals surface area contributed by atoms with Crippen LogP contribution in [0.15, 0.2) is 47.6 Å². The summed E-state index contributed by atoms with van der Waals surface area (Å²) < 4.78 is 32.7. The number of pyridine rings is 1. The van der Waals surface area contributed by atoms with Gasteiger partial charge in [0.05, 0.1) is 7.11 Å². The van der Waals surface area contributed by atoms with Gasteiger partial charge in [0.25, 0.3) is 0 Å². The van der Waals surface area contributed by atoms with Gasteiger partial charge < -0.3 is 4.74 Å². The van der Waals surface area contributed by atoms with Crippen LogP contribution in [-0.2, 0) is 16.6 Å². The van der Waals surface area contributed by atoms with E-state index >= 15 is 0 Å². The Labute approximate surface area is 131 Å². The second kappa shape index (κ2) is 6.89. The monoisotopic (exact) mass is 320 g/mol. The molecule has 22 heavy (non-hydrogen) atoms. The molecule has 0 bridgehead atoms. The van der Waals surface area contributed by atoms with E-state index in [4.69, 9.17) is 4.74 Å². The van der Waals surface area contributed by atoms with Crippen molar-refractivity contribution in [2.45, 2.75) is 31.2 Å². The highest BCUT2D eigenvalue weighted by molar-refractivity contribution is 7.89. The van der Waals surface area contributed by atoms with Crippen molar-refractivity contribution in [3.63, 3.8) is 0 Å². The molecule has 5 nitrogen and oxygen atoms in total. The second-order valence-corrected chi connectivity index (χ2v) is 6.99. The predicted molar refractivity (Wildman–Crippen MR) is 85.3 cm³/mol. The molecule has 1 aromatic carbocycles. The van der Waals surface area contributed by atoms with Gasteiger partial charge in [0.15, 0.2) is 0 Å². The molecule has 0 radical (unpaired) electrons. The van der Waals surface area contributed by atoms with Gasteiger partial charge >= 0.3 is 0 Å². The molecule has 0 unspecified atom stereocenters. The number of methoxy groups -OCH3 is 1. The minimum atomic E-state index is -3.65. The van der Waals surface area contributed by atoms with E-state index in [-0.39, 0.29) is 11.4 Å². The summed E-state index contributed by atoms with van der Waals surface area (Å²) in [7, 11) is -2.17. The summed E-state index contributed by atoms with van der Waals surface area (Å²) in [6.07, 6.45) is 3.27. The SMILES string of the molecule is COc1cc(C(C)C)ccc1S(=O)(=O)NCc1cccnc1. The van der Waals surface area contributed by atoms with Crippen LogP contribution in [0, 0.1) is 0 Å². The standard InChI is InChI=1S/C16H20N2O3S/c1-12(2)14-6-7-16(15(9-14)21-3)22(19,20)18-11-13-5-4-8-17-10-13/h4-10,12,18H,11H2,1-3H3. The molecule has 2 aromatic rings. The first-order chi connectivity index (χ1) is 10.4. The molecule has 1 heterocycles. The van der Waals surface area contributed by atoms with Gasteiger partial charge in [-0.05, 0) is 35.2 Å². The van der Waals surface area contributed by atoms with Crippen LogP contribution in [-0.4, -0.2) is 20.5 Å². The second-order valence-electron chi connectivity index (χ2n) is 5.25. The number of ether oxygens (including phenoxy) is 1. The number of aromatic nitrogens is 1. The molecular weight excluding hydrogens is 300 g/mol. The molecular formula is C16H20N2O3S. The minimum Gasteiger partial charge on any atom is -0.495 e. The number of hydrogen-bond acceptors (Lipinski definition) is 4. The molecule has 0 saturated heterocycles. The fourth-order valence-corrected chi connectivity index (χ4v) is 3.19. The lowest BCUT2D eigenvalue weighted by Gasteiger charge is -2.13. The number of sulfonamides is 1. The largest absolute Gasteiger partial charge is 0.495 e. The third-order valence-corrected chi connectivity index (χ3v) is 4.77. The Kier molecular flexibility index (Phi) is 5.15. The third kappa shape index (κ3) is 3.84. The highest BCUT2D eigenvalue weighted by Crippen LogP contribution is 2.28. The maximum atomic E-state index is 12.5. The summed E-state index contributed by atoms with van der Waals surface area (Å²) in [5, 5.41) is 0. The third-order valence-electron chi connectivity index (χ3n) is 3.33. The Hall–Kier alpha value is -1.92. The van der Waals surface area contributed by atoms with Crippen LogP contribution in [0.4, 0.5) is 0 Å². The fourth-order valence-electron chi connectivity index (χ4n) is 2.02. The van der Waals surface area contributed by atoms with Gasteiger partial charge in [-0.3, -0.25) is 4.98 Å². The highest BCUT2D eigenvalue weighted by Gasteiger charge is 2.20. The lowest BCUT2D eigenvalue weighted by molar-refractivity contribution is 0.401. The number of benzene rings is 1. The zero-order valence-corrected chi connectivity index (χ0v) is 13.7. The molecule has 2 rings (SSSR count). The zero-order chi connectivity index (χ0) is 16.2. The van der Waals surface area contributed by atoms with Crippen molar-refractivity contribution in [2.75, 3.05) is 7.11 Å². The molecule has 6 heteroatoms. The van der Waals surface area contributed by atoms with Gasteiger partial charge in [-0.25, -0.2) is 13.1 Å². The van der Waals surface area contributed by atoms with Gasteiger partial charge in [0.1, 0.15) is 10.6 Å². The first-order valence-corrected chi connectivity index (χ1v) is 8.49. The van der Waals surface area contributed by atoms with E-state index in [0.717, 1.165) is 11.1 Å². The number of rotatable bonds is 6. The Balaban J connectivity index is 2.25. The van der Waals surface area contributed by atoms with Crippen LogP contribution < -0.4 is 9.46 Å². The summed E-state index contributed by atoms with van der Waals surface area (Å²) in [6, 6.07) is 8.74. The summed E-state index contributed by atoms with van der Waals surface area (Å²) in [5.74, 6) is 0.652. The topological polar surface area (TPSA) is 68.3 Å². The summed E-state index contributed by atoms with van der Waals surface area (Å²) >= 11 is 0. The van der Waals surface area contributed by atoms with Gasteiger partial charge in [0.2, 0.25) is 10.0 Å². The summed E-state index contributed by atoms with van der Waals surface area (Å²) in [6.45, 7) is 4.28. The molecule has 0 fully saturated rings. The lowest BCUT2D eigenvalue weighted by atomic mass is 10.0. The van der Waals surface area contributed by atoms with Crippen molar-refractivity contribution in [1.29, 1.82) is 0 Å². The Morgan fingerprint density at radius 3 is 2.64 bits per heavy atom. The van der Waals surface area contributed by atoms with Gasteiger partial charge in [0, 0.05) is 18.9 Å². The molecule has 0 spiro atoms. The Bertz CT molecular complexity index is 728. The zero-order valence-electron chi connectivity index (χ0n) is 12.9. The number of hydrogen-bond donors (Lipinski definition) is 1. The maximum Gasteiger partial charge on any atom is 0.244 e. The van der Waals surface area contributed by atoms with Gasteiger partial charge in [-0.2, -0.15) is 0 Å². The van der Waals surface area contributed by atoms with Crippen molar-refractivity contribution in [3.05, 3.63) is 53.9 Å². The minimum absolute atomic E-state index is 0.142. The average Bonchev–Trinajstić information content (AvgIpc) is 2.53. The Morgan fingerprint density at radius 1 is 1.27 bits per heavy atom. The first-order valence-electron chi connectivity index (χ1n) is 7.00. The van der Waals surface area contributed by atoms with E-state index < -0.39 is 10.0 Å². The first kappa shape index (κ1) is 16.5. The van der Waals surface area contributed by atoms with Crippen LogP contribution in [0.2, 0.25) is 0 Å². The highest BCUT2D eigenvalue weighted by atomic mass is 32.2. The molecule has 118 valence electrons. The van der Waals surface area contributed by atoms with E-state index in [1.54, 1.807) is 30.6 Å². The molecule has 0 aliphatic carbocycles. The molecule has 0 amide bonds. The van der Waals surface area contributed by atoms with Gasteiger partial charge in [-0.15, -0.1) is 0 Å². The van der Waals surface area contributed by atoms with E-state index in [1.165, 1.54) is 7.11 Å². The van der Waals surface area contributed by atoms with Crippen molar-refractivity contribution in [2.24, 2.45) is 0 Å². The van der Waals surface area contributed by atoms with E-state index in [2.05, 4.69) is 9.71 Å². The molecule has 0 aliphatic rings. The maximum absolute atomic E-state index is 12.5. The predicted octanol–water partition coefficient (Wildman–Crippen LogP) is 2.69. The number of nitrogens with one attached hydrogen (secondary N) is 1. The van der Waals surface area contributed by atoms with E-state index in [0.29, 0.717) is 11.7 Å². The molecule has 1 N–H and O–H groups in total. The summed E-state index contributed by atoms with van der Waals surface area (Å²) in [5.41, 5.74) is 1.83. The molecule has 1 aromatic heterocycles.